The lowest BCUT2D eigenvalue weighted by atomic mass is 9.96. The summed E-state index contributed by atoms with van der Waals surface area (Å²) < 4.78 is 0. The molecule has 176 valence electrons. The number of nitrogens with one attached hydrogen (secondary N) is 2. The van der Waals surface area contributed by atoms with Gasteiger partial charge in [-0.25, -0.2) is 4.98 Å². The molecule has 2 amide bonds. The van der Waals surface area contributed by atoms with Gasteiger partial charge in [0.1, 0.15) is 16.7 Å². The standard InChI is InChI=1S/C23H20N8O3S/c32-18-9-14-8-17(18)31(23(34)16-11-35-22(26-16)13-4-2-6-24-10-13)19(14)21(33)25-15-5-1-3-12(7-15)20-27-29-30-28-20/h1-7,10-11,14,17-19,32H,8-9H2,(H,25,33)(H,27,28,29,30)/t14?,17?,18-,19-/m0/s1. The van der Waals surface area contributed by atoms with Gasteiger partial charge in [0.05, 0.1) is 12.1 Å². The predicted octanol–water partition coefficient (Wildman–Crippen LogP) is 1.99. The molecule has 35 heavy (non-hydrogen) atoms. The first-order chi connectivity index (χ1) is 17.1. The van der Waals surface area contributed by atoms with E-state index in [2.05, 4.69) is 35.9 Å². The number of nitrogens with zero attached hydrogens (tertiary/aromatic N) is 6. The molecule has 4 heterocycles. The van der Waals surface area contributed by atoms with Gasteiger partial charge in [0, 0.05) is 34.6 Å². The van der Waals surface area contributed by atoms with E-state index in [-0.39, 0.29) is 23.4 Å². The molecule has 6 rings (SSSR count). The molecule has 12 heteroatoms. The summed E-state index contributed by atoms with van der Waals surface area (Å²) in [6.45, 7) is 0. The summed E-state index contributed by atoms with van der Waals surface area (Å²) in [6.07, 6.45) is 3.76. The minimum absolute atomic E-state index is 0.129. The zero-order valence-electron chi connectivity index (χ0n) is 18.3. The number of anilines is 1. The number of H-pyrrole nitrogens is 1. The third kappa shape index (κ3) is 3.86. The normalized spacial score (nSPS) is 22.9. The highest BCUT2D eigenvalue weighted by molar-refractivity contribution is 7.13. The number of carbonyl (C=O) groups is 2. The molecule has 0 spiro atoms. The van der Waals surface area contributed by atoms with Crippen LogP contribution in [0.1, 0.15) is 23.3 Å². The average molecular weight is 489 g/mol. The second kappa shape index (κ2) is 8.64. The molecule has 11 nitrogen and oxygen atoms in total. The van der Waals surface area contributed by atoms with Gasteiger partial charge in [0.25, 0.3) is 5.91 Å². The molecule has 3 N–H and O–H groups in total. The lowest BCUT2D eigenvalue weighted by Gasteiger charge is -2.36. The van der Waals surface area contributed by atoms with Crippen LogP contribution >= 0.6 is 11.3 Å². The van der Waals surface area contributed by atoms with Gasteiger partial charge in [-0.3, -0.25) is 14.6 Å². The number of piperidine rings is 1. The highest BCUT2D eigenvalue weighted by Crippen LogP contribution is 2.44. The summed E-state index contributed by atoms with van der Waals surface area (Å²) in [5.74, 6) is -0.376. The van der Waals surface area contributed by atoms with Crippen molar-refractivity contribution >= 4 is 28.8 Å². The second-order valence-corrected chi connectivity index (χ2v) is 9.47. The summed E-state index contributed by atoms with van der Waals surface area (Å²) in [5, 5.41) is 29.7. The first-order valence-corrected chi connectivity index (χ1v) is 12.0. The molecule has 1 aliphatic carbocycles. The van der Waals surface area contributed by atoms with Crippen LogP contribution in [0.4, 0.5) is 5.69 Å². The van der Waals surface area contributed by atoms with Crippen molar-refractivity contribution in [2.45, 2.75) is 31.0 Å². The van der Waals surface area contributed by atoms with Crippen LogP contribution in [-0.2, 0) is 4.79 Å². The predicted molar refractivity (Wildman–Crippen MR) is 126 cm³/mol. The highest BCUT2D eigenvalue weighted by Gasteiger charge is 2.55. The number of hydrogen-bond donors (Lipinski definition) is 3. The summed E-state index contributed by atoms with van der Waals surface area (Å²) >= 11 is 1.34. The zero-order chi connectivity index (χ0) is 23.9. The molecule has 0 radical (unpaired) electrons. The van der Waals surface area contributed by atoms with E-state index in [9.17, 15) is 14.7 Å². The topological polar surface area (TPSA) is 150 Å². The first-order valence-electron chi connectivity index (χ1n) is 11.1. The Kier molecular flexibility index (Phi) is 5.30. The van der Waals surface area contributed by atoms with E-state index in [0.29, 0.717) is 34.9 Å². The van der Waals surface area contributed by atoms with Crippen molar-refractivity contribution in [2.75, 3.05) is 5.32 Å². The number of hydrogen-bond acceptors (Lipinski definition) is 9. The van der Waals surface area contributed by atoms with Gasteiger partial charge in [-0.1, -0.05) is 12.1 Å². The van der Waals surface area contributed by atoms with Crippen molar-refractivity contribution in [1.29, 1.82) is 0 Å². The molecular weight excluding hydrogens is 468 g/mol. The Morgan fingerprint density at radius 1 is 1.17 bits per heavy atom. The zero-order valence-corrected chi connectivity index (χ0v) is 19.1. The summed E-state index contributed by atoms with van der Waals surface area (Å²) in [7, 11) is 0. The minimum Gasteiger partial charge on any atom is -0.391 e. The summed E-state index contributed by atoms with van der Waals surface area (Å²) in [4.78, 5) is 37.1. The molecular formula is C23H20N8O3S. The number of thiazole rings is 1. The van der Waals surface area contributed by atoms with E-state index in [1.54, 1.807) is 36.0 Å². The van der Waals surface area contributed by atoms with E-state index in [1.807, 2.05) is 18.2 Å². The number of rotatable bonds is 5. The molecule has 1 saturated carbocycles. The SMILES string of the molecule is O=C(Nc1cccc(-c2nn[nH]n2)c1)[C@@H]1C2CC([C@@H](O)C2)N1C(=O)c1csc(-c2cccnc2)n1. The third-order valence-electron chi connectivity index (χ3n) is 6.50. The van der Waals surface area contributed by atoms with Gasteiger partial charge in [-0.15, -0.1) is 21.5 Å². The molecule has 4 aromatic rings. The maximum Gasteiger partial charge on any atom is 0.274 e. The average Bonchev–Trinajstić information content (AvgIpc) is 3.68. The fraction of sp³-hybridized carbons (Fsp3) is 0.261. The maximum absolute atomic E-state index is 13.5. The number of benzene rings is 1. The number of aromatic amines is 1. The van der Waals surface area contributed by atoms with E-state index in [1.165, 1.54) is 16.2 Å². The largest absolute Gasteiger partial charge is 0.391 e. The van der Waals surface area contributed by atoms with E-state index in [0.717, 1.165) is 5.56 Å². The molecule has 2 bridgehead atoms. The van der Waals surface area contributed by atoms with Crippen molar-refractivity contribution in [3.05, 3.63) is 59.9 Å². The van der Waals surface area contributed by atoms with Crippen molar-refractivity contribution in [3.8, 4) is 22.0 Å². The number of aliphatic hydroxyl groups is 1. The Labute approximate surface area is 203 Å². The monoisotopic (exact) mass is 488 g/mol. The molecule has 1 saturated heterocycles. The lowest BCUT2D eigenvalue weighted by Crippen LogP contribution is -2.55. The number of tetrazole rings is 1. The van der Waals surface area contributed by atoms with Crippen LogP contribution in [0.25, 0.3) is 22.0 Å². The molecule has 2 unspecified atom stereocenters. The molecule has 3 aromatic heterocycles. The Bertz CT molecular complexity index is 1380. The highest BCUT2D eigenvalue weighted by atomic mass is 32.1. The Morgan fingerprint density at radius 3 is 2.86 bits per heavy atom. The maximum atomic E-state index is 13.5. The second-order valence-electron chi connectivity index (χ2n) is 8.61. The minimum atomic E-state index is -0.701. The van der Waals surface area contributed by atoms with Crippen LogP contribution in [-0.4, -0.2) is 70.6 Å². The molecule has 1 aliphatic heterocycles. The smallest absolute Gasteiger partial charge is 0.274 e. The quantitative estimate of drug-likeness (QED) is 0.386. The number of carbonyl (C=O) groups excluding carboxylic acids is 2. The lowest BCUT2D eigenvalue weighted by molar-refractivity contribution is -0.123. The van der Waals surface area contributed by atoms with Gasteiger partial charge in [-0.05, 0) is 48.2 Å². The summed E-state index contributed by atoms with van der Waals surface area (Å²) in [5.41, 5.74) is 2.32. The van der Waals surface area contributed by atoms with Crippen molar-refractivity contribution < 1.29 is 14.7 Å². The van der Waals surface area contributed by atoms with Gasteiger partial charge in [0.2, 0.25) is 11.7 Å². The van der Waals surface area contributed by atoms with Crippen molar-refractivity contribution in [1.82, 2.24) is 35.5 Å². The number of aromatic nitrogens is 6. The summed E-state index contributed by atoms with van der Waals surface area (Å²) in [6, 6.07) is 9.66. The molecule has 1 aromatic carbocycles. The van der Waals surface area contributed by atoms with Crippen LogP contribution in [0.3, 0.4) is 0 Å². The van der Waals surface area contributed by atoms with Gasteiger partial charge < -0.3 is 15.3 Å². The Balaban J connectivity index is 1.25. The van der Waals surface area contributed by atoms with E-state index in [4.69, 9.17) is 0 Å². The fourth-order valence-corrected chi connectivity index (χ4v) is 5.79. The fourth-order valence-electron chi connectivity index (χ4n) is 5.00. The number of pyridine rings is 1. The molecule has 2 aliphatic rings. The number of likely N-dealkylation sites (tertiary alicyclic amines) is 1. The van der Waals surface area contributed by atoms with Crippen LogP contribution in [0.5, 0.6) is 0 Å². The van der Waals surface area contributed by atoms with Crippen molar-refractivity contribution in [2.24, 2.45) is 5.92 Å². The van der Waals surface area contributed by atoms with E-state index < -0.39 is 18.2 Å². The third-order valence-corrected chi connectivity index (χ3v) is 7.40. The Hall–Kier alpha value is -4.03. The number of aliphatic hydroxyl groups excluding tert-OH is 1. The van der Waals surface area contributed by atoms with E-state index >= 15 is 0 Å². The van der Waals surface area contributed by atoms with Crippen molar-refractivity contribution in [3.63, 3.8) is 0 Å². The number of amides is 2. The van der Waals surface area contributed by atoms with Crippen LogP contribution in [0.15, 0.2) is 54.2 Å². The number of fused-ring (bicyclic) bond motifs is 2. The first kappa shape index (κ1) is 21.5. The van der Waals surface area contributed by atoms with Gasteiger partial charge in [0.15, 0.2) is 0 Å². The van der Waals surface area contributed by atoms with Gasteiger partial charge in [-0.2, -0.15) is 5.21 Å². The Morgan fingerprint density at radius 2 is 2.06 bits per heavy atom. The van der Waals surface area contributed by atoms with Gasteiger partial charge >= 0.3 is 0 Å². The van der Waals surface area contributed by atoms with Crippen LogP contribution < -0.4 is 5.32 Å². The van der Waals surface area contributed by atoms with Crippen LogP contribution in [0.2, 0.25) is 0 Å². The molecule has 4 atom stereocenters. The van der Waals surface area contributed by atoms with Crippen LogP contribution in [0, 0.1) is 5.92 Å². The molecule has 2 fully saturated rings.